The summed E-state index contributed by atoms with van der Waals surface area (Å²) in [5.41, 5.74) is 4.12. The van der Waals surface area contributed by atoms with Crippen LogP contribution in [-0.2, 0) is 25.0 Å². The molecule has 4 aromatic rings. The Kier molecular flexibility index (Phi) is 11.5. The lowest BCUT2D eigenvalue weighted by Gasteiger charge is -2.26. The Morgan fingerprint density at radius 1 is 0.467 bits per heavy atom. The first kappa shape index (κ1) is 33.8. The van der Waals surface area contributed by atoms with Gasteiger partial charge in [0, 0.05) is 10.8 Å². The number of rotatable bonds is 16. The highest BCUT2D eigenvalue weighted by Gasteiger charge is 2.24. The Bertz CT molecular complexity index is 1330. The van der Waals surface area contributed by atoms with Crippen molar-refractivity contribution in [2.45, 2.75) is 65.0 Å². The van der Waals surface area contributed by atoms with Crippen molar-refractivity contribution < 1.29 is 33.9 Å². The zero-order valence-corrected chi connectivity index (χ0v) is 27.2. The number of phenols is 2. The van der Waals surface area contributed by atoms with Crippen LogP contribution in [0.1, 0.15) is 63.8 Å². The van der Waals surface area contributed by atoms with Gasteiger partial charge in [-0.05, 0) is 84.6 Å². The topological polar surface area (TPSA) is 86.6 Å². The van der Waals surface area contributed by atoms with Crippen LogP contribution in [0.2, 0.25) is 0 Å². The molecule has 0 aliphatic carbocycles. The molecule has 2 unspecified atom stereocenters. The van der Waals surface area contributed by atoms with Gasteiger partial charge >= 0.3 is 0 Å². The van der Waals surface area contributed by atoms with Gasteiger partial charge < -0.3 is 33.9 Å². The summed E-state index contributed by atoms with van der Waals surface area (Å²) in [6.45, 7) is 14.0. The fourth-order valence-corrected chi connectivity index (χ4v) is 5.09. The van der Waals surface area contributed by atoms with Gasteiger partial charge in [-0.25, -0.2) is 0 Å². The van der Waals surface area contributed by atoms with Gasteiger partial charge in [-0.15, -0.1) is 0 Å². The predicted octanol–water partition coefficient (Wildman–Crippen LogP) is 7.95. The van der Waals surface area contributed by atoms with Crippen molar-refractivity contribution in [3.05, 3.63) is 119 Å². The van der Waals surface area contributed by atoms with Gasteiger partial charge in [-0.3, -0.25) is 0 Å². The lowest BCUT2D eigenvalue weighted by molar-refractivity contribution is -0.102. The Morgan fingerprint density at radius 3 is 1.07 bits per heavy atom. The van der Waals surface area contributed by atoms with E-state index in [2.05, 4.69) is 52.0 Å². The van der Waals surface area contributed by atoms with E-state index >= 15 is 0 Å². The normalized spacial score (nSPS) is 13.3. The number of benzene rings is 4. The maximum Gasteiger partial charge on any atom is 0.197 e. The third-order valence-electron chi connectivity index (χ3n) is 8.09. The molecule has 0 fully saturated rings. The molecule has 0 aromatic heterocycles. The Morgan fingerprint density at radius 2 is 0.756 bits per heavy atom. The van der Waals surface area contributed by atoms with E-state index in [1.165, 1.54) is 0 Å². The lowest BCUT2D eigenvalue weighted by Crippen LogP contribution is -2.22. The van der Waals surface area contributed by atoms with Crippen LogP contribution in [0.4, 0.5) is 0 Å². The second-order valence-electron chi connectivity index (χ2n) is 12.1. The molecule has 4 rings (SSSR count). The van der Waals surface area contributed by atoms with Crippen LogP contribution in [-0.4, -0.2) is 49.2 Å². The summed E-state index contributed by atoms with van der Waals surface area (Å²) in [6, 6.07) is 30.6. The molecule has 0 radical (unpaired) electrons. The van der Waals surface area contributed by atoms with E-state index in [0.29, 0.717) is 26.4 Å². The van der Waals surface area contributed by atoms with Crippen molar-refractivity contribution >= 4 is 0 Å². The van der Waals surface area contributed by atoms with E-state index in [4.69, 9.17) is 23.7 Å². The molecule has 0 saturated heterocycles. The van der Waals surface area contributed by atoms with Crippen LogP contribution in [0.5, 0.6) is 23.0 Å². The maximum atomic E-state index is 9.60. The van der Waals surface area contributed by atoms with Crippen molar-refractivity contribution in [3.63, 3.8) is 0 Å². The minimum absolute atomic E-state index is 0.210. The summed E-state index contributed by atoms with van der Waals surface area (Å²) in [6.07, 6.45) is -0.848. The second-order valence-corrected chi connectivity index (χ2v) is 12.1. The van der Waals surface area contributed by atoms with Gasteiger partial charge in [0.1, 0.15) is 23.0 Å². The molecule has 0 amide bonds. The molecule has 0 aliphatic rings. The van der Waals surface area contributed by atoms with Gasteiger partial charge in [-0.2, -0.15) is 0 Å². The SMILES string of the molecule is CC(OCCOCCOC(C)Oc1ccc(C(C)(C)c2ccc(O)cc2)cc1)Oc1ccc(C(C)(C)c2ccc(O)cc2)cc1. The maximum absolute atomic E-state index is 9.60. The first-order valence-electron chi connectivity index (χ1n) is 15.4. The number of hydrogen-bond acceptors (Lipinski definition) is 7. The highest BCUT2D eigenvalue weighted by atomic mass is 16.7. The largest absolute Gasteiger partial charge is 0.508 e. The first-order valence-corrected chi connectivity index (χ1v) is 15.4. The zero-order valence-electron chi connectivity index (χ0n) is 27.2. The monoisotopic (exact) mass is 614 g/mol. The van der Waals surface area contributed by atoms with Gasteiger partial charge in [-0.1, -0.05) is 76.2 Å². The van der Waals surface area contributed by atoms with Crippen molar-refractivity contribution in [1.29, 1.82) is 0 Å². The molecule has 4 aromatic carbocycles. The molecular weight excluding hydrogens is 568 g/mol. The van der Waals surface area contributed by atoms with Crippen LogP contribution >= 0.6 is 0 Å². The fourth-order valence-electron chi connectivity index (χ4n) is 5.09. The molecule has 7 heteroatoms. The molecule has 7 nitrogen and oxygen atoms in total. The molecule has 45 heavy (non-hydrogen) atoms. The standard InChI is InChI=1S/C38H46O7/c1-27(44-35-19-11-31(12-20-35)37(3,4)29-7-15-33(39)16-8-29)42-25-23-41-24-26-43-28(2)45-36-21-13-32(14-22-36)38(5,6)30-9-17-34(40)18-10-30/h7-22,27-28,39-40H,23-26H2,1-6H3. The molecule has 0 saturated carbocycles. The van der Waals surface area contributed by atoms with Crippen molar-refractivity contribution in [2.75, 3.05) is 26.4 Å². The molecule has 2 N–H and O–H groups in total. The van der Waals surface area contributed by atoms with Crippen molar-refractivity contribution in [3.8, 4) is 23.0 Å². The minimum Gasteiger partial charge on any atom is -0.508 e. The Balaban J connectivity index is 1.10. The van der Waals surface area contributed by atoms with Crippen molar-refractivity contribution in [2.24, 2.45) is 0 Å². The average molecular weight is 615 g/mol. The number of phenolic OH excluding ortho intramolecular Hbond substituents is 2. The summed E-state index contributed by atoms with van der Waals surface area (Å²) in [5, 5.41) is 19.2. The molecule has 0 spiro atoms. The van der Waals surface area contributed by atoms with Gasteiger partial charge in [0.25, 0.3) is 0 Å². The average Bonchev–Trinajstić information content (AvgIpc) is 3.01. The van der Waals surface area contributed by atoms with Crippen molar-refractivity contribution in [1.82, 2.24) is 0 Å². The molecular formula is C38H46O7. The minimum atomic E-state index is -0.424. The third kappa shape index (κ3) is 9.47. The summed E-state index contributed by atoms with van der Waals surface area (Å²) in [5.74, 6) is 1.98. The van der Waals surface area contributed by atoms with Crippen LogP contribution in [0, 0.1) is 0 Å². The second kappa shape index (κ2) is 15.3. The predicted molar refractivity (Wildman–Crippen MR) is 176 cm³/mol. The van der Waals surface area contributed by atoms with Crippen LogP contribution < -0.4 is 9.47 Å². The van der Waals surface area contributed by atoms with Crippen LogP contribution in [0.15, 0.2) is 97.1 Å². The zero-order chi connectivity index (χ0) is 32.5. The fraction of sp³-hybridized carbons (Fsp3) is 0.368. The van der Waals surface area contributed by atoms with E-state index in [-0.39, 0.29) is 22.3 Å². The number of ether oxygens (including phenoxy) is 5. The summed E-state index contributed by atoms with van der Waals surface area (Å²) in [4.78, 5) is 0. The van der Waals surface area contributed by atoms with Gasteiger partial charge in [0.05, 0.1) is 26.4 Å². The van der Waals surface area contributed by atoms with E-state index in [0.717, 1.165) is 33.8 Å². The Hall–Kier alpha value is -4.04. The van der Waals surface area contributed by atoms with E-state index < -0.39 is 12.6 Å². The van der Waals surface area contributed by atoms with E-state index in [1.807, 2.05) is 62.4 Å². The van der Waals surface area contributed by atoms with E-state index in [1.54, 1.807) is 24.3 Å². The highest BCUT2D eigenvalue weighted by molar-refractivity contribution is 5.43. The number of hydrogen-bond donors (Lipinski definition) is 2. The van der Waals surface area contributed by atoms with Crippen LogP contribution in [0.25, 0.3) is 0 Å². The Labute approximate surface area is 267 Å². The quantitative estimate of drug-likeness (QED) is 0.0978. The molecule has 0 heterocycles. The number of aromatic hydroxyl groups is 2. The lowest BCUT2D eigenvalue weighted by atomic mass is 9.78. The van der Waals surface area contributed by atoms with E-state index in [9.17, 15) is 10.2 Å². The molecule has 0 bridgehead atoms. The molecule has 240 valence electrons. The summed E-state index contributed by atoms with van der Waals surface area (Å²) in [7, 11) is 0. The summed E-state index contributed by atoms with van der Waals surface area (Å²) < 4.78 is 29.0. The molecule has 2 atom stereocenters. The van der Waals surface area contributed by atoms with Gasteiger partial charge in [0.2, 0.25) is 0 Å². The smallest absolute Gasteiger partial charge is 0.197 e. The molecule has 0 aliphatic heterocycles. The third-order valence-corrected chi connectivity index (χ3v) is 8.09. The van der Waals surface area contributed by atoms with Crippen LogP contribution in [0.3, 0.4) is 0 Å². The summed E-state index contributed by atoms with van der Waals surface area (Å²) >= 11 is 0. The highest BCUT2D eigenvalue weighted by Crippen LogP contribution is 2.34. The first-order chi connectivity index (χ1) is 21.4. The van der Waals surface area contributed by atoms with Gasteiger partial charge in [0.15, 0.2) is 12.6 Å².